The molecule has 2 aromatic rings. The van der Waals surface area contributed by atoms with Crippen molar-refractivity contribution in [2.45, 2.75) is 32.7 Å². The number of hydrogen-bond donors (Lipinski definition) is 1. The second-order valence-electron chi connectivity index (χ2n) is 5.26. The molecule has 0 fully saturated rings. The fraction of sp³-hybridized carbons (Fsp3) is 0.316. The van der Waals surface area contributed by atoms with Crippen LogP contribution in [0.4, 0.5) is 0 Å². The van der Waals surface area contributed by atoms with Crippen LogP contribution in [-0.4, -0.2) is 18.6 Å². The van der Waals surface area contributed by atoms with Crippen molar-refractivity contribution in [3.8, 4) is 17.2 Å². The Labute approximate surface area is 137 Å². The molecule has 0 radical (unpaired) electrons. The summed E-state index contributed by atoms with van der Waals surface area (Å²) in [5.41, 5.74) is 0. The minimum absolute atomic E-state index is 0.0232. The lowest BCUT2D eigenvalue weighted by atomic mass is 10.2. The van der Waals surface area contributed by atoms with Crippen molar-refractivity contribution in [3.05, 3.63) is 54.6 Å². The third kappa shape index (κ3) is 5.66. The third-order valence-electron chi connectivity index (χ3n) is 3.52. The maximum absolute atomic E-state index is 11.8. The van der Waals surface area contributed by atoms with E-state index >= 15 is 0 Å². The van der Waals surface area contributed by atoms with E-state index in [1.807, 2.05) is 42.5 Å². The zero-order chi connectivity index (χ0) is 16.5. The normalized spacial score (nSPS) is 10.4. The summed E-state index contributed by atoms with van der Waals surface area (Å²) in [6.07, 6.45) is 1.85. The first-order valence-corrected chi connectivity index (χ1v) is 7.96. The first-order valence-electron chi connectivity index (χ1n) is 7.96. The Morgan fingerprint density at radius 1 is 0.913 bits per heavy atom. The number of carbonyl (C=O) groups is 1. The minimum Gasteiger partial charge on any atom is -0.484 e. The quantitative estimate of drug-likeness (QED) is 0.796. The van der Waals surface area contributed by atoms with Crippen molar-refractivity contribution >= 4 is 5.91 Å². The average molecular weight is 313 g/mol. The highest BCUT2D eigenvalue weighted by Crippen LogP contribution is 2.23. The topological polar surface area (TPSA) is 47.6 Å². The Balaban J connectivity index is 1.82. The SMILES string of the molecule is CCC(CC)NC(=O)COc1ccc(Oc2ccccc2)cc1. The molecule has 0 bridgehead atoms. The Kier molecular flexibility index (Phi) is 6.48. The highest BCUT2D eigenvalue weighted by molar-refractivity contribution is 5.77. The van der Waals surface area contributed by atoms with E-state index in [1.165, 1.54) is 0 Å². The smallest absolute Gasteiger partial charge is 0.258 e. The van der Waals surface area contributed by atoms with Crippen LogP contribution >= 0.6 is 0 Å². The fourth-order valence-corrected chi connectivity index (χ4v) is 2.14. The fourth-order valence-electron chi connectivity index (χ4n) is 2.14. The van der Waals surface area contributed by atoms with Crippen LogP contribution in [-0.2, 0) is 4.79 Å². The number of para-hydroxylation sites is 1. The third-order valence-corrected chi connectivity index (χ3v) is 3.52. The molecular weight excluding hydrogens is 290 g/mol. The predicted molar refractivity (Wildman–Crippen MR) is 91.0 cm³/mol. The number of nitrogens with one attached hydrogen (secondary N) is 1. The summed E-state index contributed by atoms with van der Waals surface area (Å²) >= 11 is 0. The Morgan fingerprint density at radius 3 is 2.09 bits per heavy atom. The first kappa shape index (κ1) is 16.9. The van der Waals surface area contributed by atoms with Gasteiger partial charge in [0.25, 0.3) is 5.91 Å². The second-order valence-corrected chi connectivity index (χ2v) is 5.26. The summed E-state index contributed by atoms with van der Waals surface area (Å²) in [5.74, 6) is 2.06. The summed E-state index contributed by atoms with van der Waals surface area (Å²) < 4.78 is 11.2. The van der Waals surface area contributed by atoms with E-state index in [0.29, 0.717) is 5.75 Å². The van der Waals surface area contributed by atoms with Crippen LogP contribution in [0.25, 0.3) is 0 Å². The van der Waals surface area contributed by atoms with E-state index in [1.54, 1.807) is 12.1 Å². The van der Waals surface area contributed by atoms with Gasteiger partial charge in [0.05, 0.1) is 0 Å². The Bertz CT molecular complexity index is 592. The van der Waals surface area contributed by atoms with Gasteiger partial charge in [-0.05, 0) is 49.2 Å². The van der Waals surface area contributed by atoms with E-state index in [4.69, 9.17) is 9.47 Å². The molecule has 4 heteroatoms. The number of rotatable bonds is 8. The monoisotopic (exact) mass is 313 g/mol. The average Bonchev–Trinajstić information content (AvgIpc) is 2.60. The molecule has 0 aromatic heterocycles. The summed E-state index contributed by atoms with van der Waals surface area (Å²) in [5, 5.41) is 2.94. The van der Waals surface area contributed by atoms with Gasteiger partial charge >= 0.3 is 0 Å². The predicted octanol–water partition coefficient (Wildman–Crippen LogP) is 4.16. The molecule has 4 nitrogen and oxygen atoms in total. The maximum atomic E-state index is 11.8. The van der Waals surface area contributed by atoms with Gasteiger partial charge in [-0.15, -0.1) is 0 Å². The van der Waals surface area contributed by atoms with Crippen LogP contribution in [0.15, 0.2) is 54.6 Å². The summed E-state index contributed by atoms with van der Waals surface area (Å²) in [6.45, 7) is 4.14. The van der Waals surface area contributed by atoms with Crippen molar-refractivity contribution in [2.75, 3.05) is 6.61 Å². The first-order chi connectivity index (χ1) is 11.2. The number of carbonyl (C=O) groups excluding carboxylic acids is 1. The van der Waals surface area contributed by atoms with Gasteiger partial charge in [-0.25, -0.2) is 0 Å². The van der Waals surface area contributed by atoms with Gasteiger partial charge in [-0.1, -0.05) is 32.0 Å². The molecule has 23 heavy (non-hydrogen) atoms. The van der Waals surface area contributed by atoms with Crippen LogP contribution in [0, 0.1) is 0 Å². The van der Waals surface area contributed by atoms with Gasteiger partial charge in [0, 0.05) is 6.04 Å². The van der Waals surface area contributed by atoms with Crippen LogP contribution in [0.5, 0.6) is 17.2 Å². The van der Waals surface area contributed by atoms with Crippen molar-refractivity contribution in [2.24, 2.45) is 0 Å². The van der Waals surface area contributed by atoms with E-state index in [0.717, 1.165) is 24.3 Å². The Morgan fingerprint density at radius 2 is 1.48 bits per heavy atom. The zero-order valence-corrected chi connectivity index (χ0v) is 13.6. The molecular formula is C19H23NO3. The summed E-state index contributed by atoms with van der Waals surface area (Å²) in [4.78, 5) is 11.8. The van der Waals surface area contributed by atoms with Crippen LogP contribution in [0.3, 0.4) is 0 Å². The molecule has 122 valence electrons. The largest absolute Gasteiger partial charge is 0.484 e. The molecule has 0 heterocycles. The van der Waals surface area contributed by atoms with Gasteiger partial charge in [0.15, 0.2) is 6.61 Å². The molecule has 0 atom stereocenters. The van der Waals surface area contributed by atoms with E-state index in [9.17, 15) is 4.79 Å². The van der Waals surface area contributed by atoms with Crippen LogP contribution in [0.2, 0.25) is 0 Å². The zero-order valence-electron chi connectivity index (χ0n) is 13.6. The summed E-state index contributed by atoms with van der Waals surface area (Å²) in [7, 11) is 0. The molecule has 2 aromatic carbocycles. The number of hydrogen-bond acceptors (Lipinski definition) is 3. The van der Waals surface area contributed by atoms with Crippen LogP contribution < -0.4 is 14.8 Å². The molecule has 0 aliphatic carbocycles. The van der Waals surface area contributed by atoms with Gasteiger partial charge in [0.2, 0.25) is 0 Å². The van der Waals surface area contributed by atoms with Crippen molar-refractivity contribution in [1.29, 1.82) is 0 Å². The number of amides is 1. The van der Waals surface area contributed by atoms with Gasteiger partial charge < -0.3 is 14.8 Å². The molecule has 0 unspecified atom stereocenters. The molecule has 0 spiro atoms. The highest BCUT2D eigenvalue weighted by atomic mass is 16.5. The standard InChI is InChI=1S/C19H23NO3/c1-3-15(4-2)20-19(21)14-22-16-10-12-18(13-11-16)23-17-8-6-5-7-9-17/h5-13,15H,3-4,14H2,1-2H3,(H,20,21). The van der Waals surface area contributed by atoms with E-state index in [-0.39, 0.29) is 18.6 Å². The van der Waals surface area contributed by atoms with Gasteiger partial charge in [0.1, 0.15) is 17.2 Å². The lowest BCUT2D eigenvalue weighted by Gasteiger charge is -2.15. The number of benzene rings is 2. The molecule has 0 saturated heterocycles. The molecule has 1 N–H and O–H groups in total. The Hall–Kier alpha value is -2.49. The minimum atomic E-state index is -0.0942. The highest BCUT2D eigenvalue weighted by Gasteiger charge is 2.08. The molecule has 0 aliphatic rings. The lowest BCUT2D eigenvalue weighted by Crippen LogP contribution is -2.37. The maximum Gasteiger partial charge on any atom is 0.258 e. The van der Waals surface area contributed by atoms with E-state index < -0.39 is 0 Å². The van der Waals surface area contributed by atoms with Crippen molar-refractivity contribution < 1.29 is 14.3 Å². The summed E-state index contributed by atoms with van der Waals surface area (Å²) in [6, 6.07) is 17.0. The van der Waals surface area contributed by atoms with E-state index in [2.05, 4.69) is 19.2 Å². The van der Waals surface area contributed by atoms with Crippen molar-refractivity contribution in [3.63, 3.8) is 0 Å². The molecule has 2 rings (SSSR count). The lowest BCUT2D eigenvalue weighted by molar-refractivity contribution is -0.123. The molecule has 0 saturated carbocycles. The number of ether oxygens (including phenoxy) is 2. The molecule has 1 amide bonds. The second kappa shape index (κ2) is 8.83. The van der Waals surface area contributed by atoms with Gasteiger partial charge in [-0.2, -0.15) is 0 Å². The van der Waals surface area contributed by atoms with Gasteiger partial charge in [-0.3, -0.25) is 4.79 Å². The molecule has 0 aliphatic heterocycles. The van der Waals surface area contributed by atoms with Crippen LogP contribution in [0.1, 0.15) is 26.7 Å². The van der Waals surface area contributed by atoms with Crippen molar-refractivity contribution in [1.82, 2.24) is 5.32 Å².